The third kappa shape index (κ3) is 2.20. The number of rotatable bonds is 2. The fourth-order valence-corrected chi connectivity index (χ4v) is 1.16. The van der Waals surface area contributed by atoms with Gasteiger partial charge in [0, 0.05) is 6.20 Å². The standard InChI is InChI=1S/C7H7N3S/c1-2-11-7-9-4-3-6(5-8)10-7/h3-4H,2H2,1H3. The Bertz CT molecular complexity index is 279. The first-order valence-corrected chi connectivity index (χ1v) is 4.21. The van der Waals surface area contributed by atoms with Crippen LogP contribution in [-0.2, 0) is 0 Å². The maximum Gasteiger partial charge on any atom is 0.188 e. The highest BCUT2D eigenvalue weighted by Crippen LogP contribution is 2.10. The summed E-state index contributed by atoms with van der Waals surface area (Å²) in [7, 11) is 0. The molecule has 0 aliphatic rings. The predicted octanol–water partition coefficient (Wildman–Crippen LogP) is 1.46. The van der Waals surface area contributed by atoms with Crippen LogP contribution in [0.5, 0.6) is 0 Å². The molecule has 0 bridgehead atoms. The van der Waals surface area contributed by atoms with Crippen molar-refractivity contribution in [3.05, 3.63) is 18.0 Å². The van der Waals surface area contributed by atoms with E-state index in [0.29, 0.717) is 10.9 Å². The Hall–Kier alpha value is -1.08. The largest absolute Gasteiger partial charge is 0.231 e. The van der Waals surface area contributed by atoms with Crippen LogP contribution >= 0.6 is 11.8 Å². The quantitative estimate of drug-likeness (QED) is 0.491. The van der Waals surface area contributed by atoms with Crippen molar-refractivity contribution in [1.82, 2.24) is 9.97 Å². The lowest BCUT2D eigenvalue weighted by atomic mass is 10.5. The fraction of sp³-hybridized carbons (Fsp3) is 0.286. The van der Waals surface area contributed by atoms with Crippen molar-refractivity contribution in [3.63, 3.8) is 0 Å². The van der Waals surface area contributed by atoms with Gasteiger partial charge in [0.25, 0.3) is 0 Å². The van der Waals surface area contributed by atoms with Gasteiger partial charge in [0.1, 0.15) is 11.8 Å². The Morgan fingerprint density at radius 2 is 2.55 bits per heavy atom. The second-order valence-corrected chi connectivity index (χ2v) is 3.00. The van der Waals surface area contributed by atoms with E-state index in [-0.39, 0.29) is 0 Å². The fourth-order valence-electron chi connectivity index (χ4n) is 0.602. The summed E-state index contributed by atoms with van der Waals surface area (Å²) in [5.74, 6) is 0.925. The van der Waals surface area contributed by atoms with Crippen LogP contribution in [0, 0.1) is 11.3 Å². The van der Waals surface area contributed by atoms with Crippen molar-refractivity contribution in [2.24, 2.45) is 0 Å². The van der Waals surface area contributed by atoms with E-state index >= 15 is 0 Å². The summed E-state index contributed by atoms with van der Waals surface area (Å²) in [5, 5.41) is 9.15. The van der Waals surface area contributed by atoms with Gasteiger partial charge in [-0.15, -0.1) is 0 Å². The molecule has 1 aromatic rings. The van der Waals surface area contributed by atoms with E-state index in [9.17, 15) is 0 Å². The maximum absolute atomic E-state index is 8.48. The monoisotopic (exact) mass is 165 g/mol. The molecule has 0 radical (unpaired) electrons. The molecule has 0 amide bonds. The lowest BCUT2D eigenvalue weighted by molar-refractivity contribution is 0.953. The zero-order valence-electron chi connectivity index (χ0n) is 6.11. The minimum atomic E-state index is 0.427. The van der Waals surface area contributed by atoms with Gasteiger partial charge >= 0.3 is 0 Å². The minimum Gasteiger partial charge on any atom is -0.231 e. The highest BCUT2D eigenvalue weighted by molar-refractivity contribution is 7.99. The lowest BCUT2D eigenvalue weighted by Gasteiger charge is -1.94. The zero-order chi connectivity index (χ0) is 8.10. The molecule has 4 heteroatoms. The van der Waals surface area contributed by atoms with Crippen LogP contribution in [0.25, 0.3) is 0 Å². The minimum absolute atomic E-state index is 0.427. The molecule has 0 atom stereocenters. The first-order chi connectivity index (χ1) is 5.36. The third-order valence-corrected chi connectivity index (χ3v) is 1.77. The molecule has 1 heterocycles. The van der Waals surface area contributed by atoms with Crippen molar-refractivity contribution >= 4 is 11.8 Å². The first kappa shape index (κ1) is 8.02. The average Bonchev–Trinajstić information content (AvgIpc) is 2.06. The predicted molar refractivity (Wildman–Crippen MR) is 43.1 cm³/mol. The molecule has 0 fully saturated rings. The molecule has 1 aromatic heterocycles. The summed E-state index contributed by atoms with van der Waals surface area (Å²) < 4.78 is 0. The zero-order valence-corrected chi connectivity index (χ0v) is 6.93. The van der Waals surface area contributed by atoms with Crippen LogP contribution < -0.4 is 0 Å². The van der Waals surface area contributed by atoms with E-state index in [1.165, 1.54) is 11.8 Å². The van der Waals surface area contributed by atoms with E-state index in [0.717, 1.165) is 5.75 Å². The smallest absolute Gasteiger partial charge is 0.188 e. The van der Waals surface area contributed by atoms with Crippen molar-refractivity contribution in [3.8, 4) is 6.07 Å². The molecular formula is C7H7N3S. The van der Waals surface area contributed by atoms with E-state index in [2.05, 4.69) is 9.97 Å². The van der Waals surface area contributed by atoms with Gasteiger partial charge in [-0.2, -0.15) is 5.26 Å². The molecule has 0 aliphatic heterocycles. The van der Waals surface area contributed by atoms with E-state index in [1.807, 2.05) is 13.0 Å². The number of hydrogen-bond acceptors (Lipinski definition) is 4. The second-order valence-electron chi connectivity index (χ2n) is 1.77. The molecule has 0 unspecified atom stereocenters. The normalized spacial score (nSPS) is 9.09. The van der Waals surface area contributed by atoms with Gasteiger partial charge in [-0.1, -0.05) is 18.7 Å². The molecule has 0 aliphatic carbocycles. The Morgan fingerprint density at radius 3 is 3.18 bits per heavy atom. The van der Waals surface area contributed by atoms with Gasteiger partial charge in [0.2, 0.25) is 0 Å². The summed E-state index contributed by atoms with van der Waals surface area (Å²) >= 11 is 1.53. The molecule has 1 rings (SSSR count). The number of nitrogens with zero attached hydrogens (tertiary/aromatic N) is 3. The third-order valence-electron chi connectivity index (χ3n) is 1.02. The Morgan fingerprint density at radius 1 is 1.73 bits per heavy atom. The SMILES string of the molecule is CCSc1nccc(C#N)n1. The first-order valence-electron chi connectivity index (χ1n) is 3.22. The lowest BCUT2D eigenvalue weighted by Crippen LogP contribution is -1.88. The molecule has 3 nitrogen and oxygen atoms in total. The van der Waals surface area contributed by atoms with Crippen molar-refractivity contribution in [2.75, 3.05) is 5.75 Å². The van der Waals surface area contributed by atoms with Crippen LogP contribution in [0.3, 0.4) is 0 Å². The molecular weight excluding hydrogens is 158 g/mol. The van der Waals surface area contributed by atoms with Crippen LogP contribution in [0.4, 0.5) is 0 Å². The summed E-state index contributed by atoms with van der Waals surface area (Å²) in [4.78, 5) is 7.95. The van der Waals surface area contributed by atoms with Crippen LogP contribution in [0.15, 0.2) is 17.4 Å². The van der Waals surface area contributed by atoms with Gasteiger partial charge in [-0.25, -0.2) is 9.97 Å². The van der Waals surface area contributed by atoms with Gasteiger partial charge in [0.05, 0.1) is 0 Å². The van der Waals surface area contributed by atoms with Gasteiger partial charge < -0.3 is 0 Å². The topological polar surface area (TPSA) is 49.6 Å². The molecule has 56 valence electrons. The second kappa shape index (κ2) is 3.94. The average molecular weight is 165 g/mol. The Labute approximate surface area is 69.5 Å². The van der Waals surface area contributed by atoms with Gasteiger partial charge in [-0.3, -0.25) is 0 Å². The molecule has 0 N–H and O–H groups in total. The van der Waals surface area contributed by atoms with Gasteiger partial charge in [-0.05, 0) is 11.8 Å². The molecule has 11 heavy (non-hydrogen) atoms. The Balaban J connectivity index is 2.85. The number of aromatic nitrogens is 2. The summed E-state index contributed by atoms with van der Waals surface area (Å²) in [5.41, 5.74) is 0.427. The highest BCUT2D eigenvalue weighted by Gasteiger charge is 1.95. The van der Waals surface area contributed by atoms with E-state index in [1.54, 1.807) is 12.3 Å². The van der Waals surface area contributed by atoms with Crippen LogP contribution in [0.1, 0.15) is 12.6 Å². The molecule has 0 spiro atoms. The molecule has 0 saturated carbocycles. The van der Waals surface area contributed by atoms with Crippen molar-refractivity contribution in [1.29, 1.82) is 5.26 Å². The number of nitriles is 1. The van der Waals surface area contributed by atoms with Crippen molar-refractivity contribution in [2.45, 2.75) is 12.1 Å². The number of thioether (sulfide) groups is 1. The maximum atomic E-state index is 8.48. The van der Waals surface area contributed by atoms with E-state index in [4.69, 9.17) is 5.26 Å². The summed E-state index contributed by atoms with van der Waals surface area (Å²) in [6, 6.07) is 3.56. The summed E-state index contributed by atoms with van der Waals surface area (Å²) in [6.45, 7) is 2.02. The number of hydrogen-bond donors (Lipinski definition) is 0. The highest BCUT2D eigenvalue weighted by atomic mass is 32.2. The summed E-state index contributed by atoms with van der Waals surface area (Å²) in [6.07, 6.45) is 1.60. The molecule has 0 aromatic carbocycles. The van der Waals surface area contributed by atoms with E-state index < -0.39 is 0 Å². The molecule has 0 saturated heterocycles. The van der Waals surface area contributed by atoms with Crippen LogP contribution in [-0.4, -0.2) is 15.7 Å². The van der Waals surface area contributed by atoms with Crippen molar-refractivity contribution < 1.29 is 0 Å². The van der Waals surface area contributed by atoms with Crippen LogP contribution in [0.2, 0.25) is 0 Å². The van der Waals surface area contributed by atoms with Gasteiger partial charge in [0.15, 0.2) is 5.16 Å². The Kier molecular flexibility index (Phi) is 2.87.